The summed E-state index contributed by atoms with van der Waals surface area (Å²) >= 11 is 1.68. The summed E-state index contributed by atoms with van der Waals surface area (Å²) in [6, 6.07) is 0.733. The van der Waals surface area contributed by atoms with Crippen molar-refractivity contribution in [2.45, 2.75) is 25.8 Å². The normalized spacial score (nSPS) is 18.0. The van der Waals surface area contributed by atoms with Crippen LogP contribution in [0.1, 0.15) is 29.6 Å². The molecule has 0 bridgehead atoms. The van der Waals surface area contributed by atoms with E-state index in [2.05, 4.69) is 30.2 Å². The highest BCUT2D eigenvalue weighted by atomic mass is 32.1. The highest BCUT2D eigenvalue weighted by molar-refractivity contribution is 7.09. The molecule has 8 heteroatoms. The number of hydrogen-bond donors (Lipinski definition) is 0. The summed E-state index contributed by atoms with van der Waals surface area (Å²) in [7, 11) is 3.06. The van der Waals surface area contributed by atoms with Gasteiger partial charge in [0.2, 0.25) is 5.95 Å². The first-order chi connectivity index (χ1) is 10.2. The molecule has 0 radical (unpaired) electrons. The zero-order valence-corrected chi connectivity index (χ0v) is 13.1. The van der Waals surface area contributed by atoms with Crippen molar-refractivity contribution in [3.8, 4) is 12.0 Å². The van der Waals surface area contributed by atoms with Crippen molar-refractivity contribution in [3.05, 3.63) is 16.1 Å². The molecule has 0 aromatic carbocycles. The zero-order chi connectivity index (χ0) is 14.8. The lowest BCUT2D eigenvalue weighted by molar-refractivity contribution is 0.339. The van der Waals surface area contributed by atoms with Gasteiger partial charge in [0, 0.05) is 17.6 Å². The quantitative estimate of drug-likeness (QED) is 0.855. The molecule has 112 valence electrons. The fraction of sp³-hybridized carbons (Fsp3) is 0.538. The van der Waals surface area contributed by atoms with Crippen LogP contribution in [0.3, 0.4) is 0 Å². The molecule has 2 aromatic heterocycles. The monoisotopic (exact) mass is 307 g/mol. The molecule has 3 heterocycles. The second kappa shape index (κ2) is 5.80. The molecule has 0 N–H and O–H groups in total. The Morgan fingerprint density at radius 2 is 1.86 bits per heavy atom. The maximum atomic E-state index is 5.12. The van der Waals surface area contributed by atoms with E-state index < -0.39 is 0 Å². The number of anilines is 1. The molecule has 1 fully saturated rings. The van der Waals surface area contributed by atoms with Crippen LogP contribution in [0.4, 0.5) is 5.95 Å². The molecule has 0 amide bonds. The first kappa shape index (κ1) is 14.0. The number of nitrogens with zero attached hydrogens (tertiary/aromatic N) is 5. The second-order valence-electron chi connectivity index (χ2n) is 4.79. The minimum Gasteiger partial charge on any atom is -0.467 e. The van der Waals surface area contributed by atoms with Crippen molar-refractivity contribution in [1.29, 1.82) is 0 Å². The Kier molecular flexibility index (Phi) is 3.87. The molecule has 0 saturated carbocycles. The van der Waals surface area contributed by atoms with Crippen LogP contribution in [0, 0.1) is 6.92 Å². The highest BCUT2D eigenvalue weighted by Crippen LogP contribution is 2.36. The molecule has 0 aliphatic carbocycles. The maximum absolute atomic E-state index is 5.12. The number of hydrogen-bond acceptors (Lipinski definition) is 8. The Labute approximate surface area is 127 Å². The standard InChI is InChI=1S/C13H17N5O2S/c1-8-7-21-10(14-8)9-5-4-6-18(9)11-15-12(19-2)17-13(16-11)20-3/h7,9H,4-6H2,1-3H3. The summed E-state index contributed by atoms with van der Waals surface area (Å²) in [6.45, 7) is 2.90. The Hall–Kier alpha value is -1.96. The first-order valence-corrected chi connectivity index (χ1v) is 7.62. The van der Waals surface area contributed by atoms with Crippen LogP contribution in [0.25, 0.3) is 0 Å². The van der Waals surface area contributed by atoms with Crippen LogP contribution in [0.15, 0.2) is 5.38 Å². The topological polar surface area (TPSA) is 73.3 Å². The zero-order valence-electron chi connectivity index (χ0n) is 12.2. The highest BCUT2D eigenvalue weighted by Gasteiger charge is 2.31. The number of aromatic nitrogens is 4. The Balaban J connectivity index is 1.94. The van der Waals surface area contributed by atoms with Gasteiger partial charge < -0.3 is 14.4 Å². The summed E-state index contributed by atoms with van der Waals surface area (Å²) in [4.78, 5) is 19.5. The van der Waals surface area contributed by atoms with Gasteiger partial charge in [-0.1, -0.05) is 0 Å². The van der Waals surface area contributed by atoms with Gasteiger partial charge in [0.1, 0.15) is 5.01 Å². The average molecular weight is 307 g/mol. The van der Waals surface area contributed by atoms with Crippen molar-refractivity contribution in [1.82, 2.24) is 19.9 Å². The van der Waals surface area contributed by atoms with E-state index in [0.717, 1.165) is 30.1 Å². The van der Waals surface area contributed by atoms with Gasteiger partial charge in [0.05, 0.1) is 20.3 Å². The van der Waals surface area contributed by atoms with E-state index in [4.69, 9.17) is 9.47 Å². The Bertz CT molecular complexity index is 611. The van der Waals surface area contributed by atoms with E-state index in [1.807, 2.05) is 6.92 Å². The maximum Gasteiger partial charge on any atom is 0.324 e. The number of ether oxygens (including phenoxy) is 2. The summed E-state index contributed by atoms with van der Waals surface area (Å²) in [5.74, 6) is 0.578. The van der Waals surface area contributed by atoms with Crippen LogP contribution in [-0.4, -0.2) is 40.7 Å². The summed E-state index contributed by atoms with van der Waals surface area (Å²) in [5.41, 5.74) is 1.05. The van der Waals surface area contributed by atoms with Gasteiger partial charge in [-0.25, -0.2) is 4.98 Å². The molecular weight excluding hydrogens is 290 g/mol. The van der Waals surface area contributed by atoms with E-state index in [1.165, 1.54) is 14.2 Å². The smallest absolute Gasteiger partial charge is 0.324 e. The van der Waals surface area contributed by atoms with Crippen molar-refractivity contribution < 1.29 is 9.47 Å². The first-order valence-electron chi connectivity index (χ1n) is 6.74. The summed E-state index contributed by atoms with van der Waals surface area (Å²) in [6.07, 6.45) is 2.13. The van der Waals surface area contributed by atoms with Crippen molar-refractivity contribution in [2.24, 2.45) is 0 Å². The lowest BCUT2D eigenvalue weighted by Crippen LogP contribution is -2.25. The third-order valence-corrected chi connectivity index (χ3v) is 4.44. The van der Waals surface area contributed by atoms with E-state index in [0.29, 0.717) is 5.95 Å². The fourth-order valence-electron chi connectivity index (χ4n) is 2.43. The second-order valence-corrected chi connectivity index (χ2v) is 5.68. The molecule has 3 rings (SSSR count). The number of rotatable bonds is 4. The lowest BCUT2D eigenvalue weighted by atomic mass is 10.2. The molecular formula is C13H17N5O2S. The van der Waals surface area contributed by atoms with E-state index in [9.17, 15) is 0 Å². The van der Waals surface area contributed by atoms with Gasteiger partial charge in [-0.05, 0) is 19.8 Å². The van der Waals surface area contributed by atoms with Gasteiger partial charge in [-0.15, -0.1) is 16.3 Å². The van der Waals surface area contributed by atoms with Crippen LogP contribution in [0.5, 0.6) is 12.0 Å². The van der Waals surface area contributed by atoms with E-state index in [1.54, 1.807) is 11.3 Å². The largest absolute Gasteiger partial charge is 0.467 e. The lowest BCUT2D eigenvalue weighted by Gasteiger charge is -2.23. The third-order valence-electron chi connectivity index (χ3n) is 3.38. The Morgan fingerprint density at radius 3 is 2.43 bits per heavy atom. The van der Waals surface area contributed by atoms with Gasteiger partial charge in [-0.3, -0.25) is 0 Å². The molecule has 2 aromatic rings. The molecule has 1 unspecified atom stereocenters. The SMILES string of the molecule is COc1nc(OC)nc(N2CCCC2c2nc(C)cs2)n1. The molecule has 7 nitrogen and oxygen atoms in total. The van der Waals surface area contributed by atoms with Crippen molar-refractivity contribution in [2.75, 3.05) is 25.7 Å². The predicted octanol–water partition coefficient (Wildman–Crippen LogP) is 2.00. The van der Waals surface area contributed by atoms with Gasteiger partial charge in [0.15, 0.2) is 0 Å². The number of thiazole rings is 1. The predicted molar refractivity (Wildman–Crippen MR) is 79.1 cm³/mol. The van der Waals surface area contributed by atoms with Crippen LogP contribution in [0.2, 0.25) is 0 Å². The Morgan fingerprint density at radius 1 is 1.14 bits per heavy atom. The molecule has 0 spiro atoms. The van der Waals surface area contributed by atoms with Crippen molar-refractivity contribution >= 4 is 17.3 Å². The van der Waals surface area contributed by atoms with Gasteiger partial charge >= 0.3 is 12.0 Å². The van der Waals surface area contributed by atoms with Crippen molar-refractivity contribution in [3.63, 3.8) is 0 Å². The van der Waals surface area contributed by atoms with Gasteiger partial charge in [-0.2, -0.15) is 9.97 Å². The number of aryl methyl sites for hydroxylation is 1. The van der Waals surface area contributed by atoms with Crippen LogP contribution >= 0.6 is 11.3 Å². The molecule has 1 aliphatic heterocycles. The van der Waals surface area contributed by atoms with Crippen LogP contribution in [-0.2, 0) is 0 Å². The summed E-state index contributed by atoms with van der Waals surface area (Å²) in [5, 5.41) is 3.17. The molecule has 1 saturated heterocycles. The molecule has 1 atom stereocenters. The third kappa shape index (κ3) is 2.76. The van der Waals surface area contributed by atoms with Gasteiger partial charge in [0.25, 0.3) is 0 Å². The molecule has 1 aliphatic rings. The fourth-order valence-corrected chi connectivity index (χ4v) is 3.37. The van der Waals surface area contributed by atoms with E-state index in [-0.39, 0.29) is 18.1 Å². The van der Waals surface area contributed by atoms with E-state index >= 15 is 0 Å². The minimum absolute atomic E-state index is 0.209. The average Bonchev–Trinajstić information content (AvgIpc) is 3.14. The van der Waals surface area contributed by atoms with Crippen LogP contribution < -0.4 is 14.4 Å². The molecule has 21 heavy (non-hydrogen) atoms. The minimum atomic E-state index is 0.209. The number of methoxy groups -OCH3 is 2. The summed E-state index contributed by atoms with van der Waals surface area (Å²) < 4.78 is 10.2.